The second-order valence-corrected chi connectivity index (χ2v) is 5.98. The van der Waals surface area contributed by atoms with E-state index in [2.05, 4.69) is 53.8 Å². The second-order valence-electron chi connectivity index (χ2n) is 4.10. The summed E-state index contributed by atoms with van der Waals surface area (Å²) in [6.45, 7) is 1.91. The van der Waals surface area contributed by atoms with Gasteiger partial charge >= 0.3 is 0 Å². The molecule has 0 saturated carbocycles. The van der Waals surface area contributed by atoms with E-state index in [9.17, 15) is 0 Å². The summed E-state index contributed by atoms with van der Waals surface area (Å²) in [5.41, 5.74) is 1.29. The molecule has 0 aromatic heterocycles. The smallest absolute Gasteiger partial charge is 0.0226 e. The van der Waals surface area contributed by atoms with Gasteiger partial charge in [-0.2, -0.15) is 0 Å². The molecular formula is C15H18N2S2. The van der Waals surface area contributed by atoms with Crippen molar-refractivity contribution in [2.24, 2.45) is 5.14 Å². The third kappa shape index (κ3) is 5.28. The molecule has 100 valence electrons. The maximum absolute atomic E-state index is 5.49. The molecule has 0 aliphatic rings. The van der Waals surface area contributed by atoms with Gasteiger partial charge in [0.05, 0.1) is 0 Å². The van der Waals surface area contributed by atoms with Crippen LogP contribution in [0.15, 0.2) is 64.4 Å². The summed E-state index contributed by atoms with van der Waals surface area (Å²) < 4.78 is 0. The largest absolute Gasteiger partial charge is 0.312 e. The minimum atomic E-state index is 0.908. The Balaban J connectivity index is 1.63. The zero-order valence-corrected chi connectivity index (χ0v) is 12.3. The number of hydrogen-bond donors (Lipinski definition) is 2. The van der Waals surface area contributed by atoms with Crippen LogP contribution in [-0.4, -0.2) is 12.3 Å². The van der Waals surface area contributed by atoms with Crippen molar-refractivity contribution in [3.05, 3.63) is 60.2 Å². The monoisotopic (exact) mass is 290 g/mol. The minimum absolute atomic E-state index is 0.908. The Bertz CT molecular complexity index is 471. The van der Waals surface area contributed by atoms with Crippen LogP contribution in [0, 0.1) is 0 Å². The van der Waals surface area contributed by atoms with Crippen LogP contribution in [0.25, 0.3) is 0 Å². The highest BCUT2D eigenvalue weighted by atomic mass is 32.2. The highest BCUT2D eigenvalue weighted by molar-refractivity contribution is 7.99. The Labute approximate surface area is 123 Å². The maximum Gasteiger partial charge on any atom is 0.0226 e. The van der Waals surface area contributed by atoms with Gasteiger partial charge < -0.3 is 5.32 Å². The lowest BCUT2D eigenvalue weighted by molar-refractivity contribution is 0.731. The predicted octanol–water partition coefficient (Wildman–Crippen LogP) is 3.53. The molecule has 0 amide bonds. The summed E-state index contributed by atoms with van der Waals surface area (Å²) in [5, 5.41) is 8.94. The highest BCUT2D eigenvalue weighted by Crippen LogP contribution is 2.16. The number of rotatable bonds is 7. The third-order valence-corrected chi connectivity index (χ3v) is 4.24. The molecule has 2 aromatic rings. The van der Waals surface area contributed by atoms with Crippen molar-refractivity contribution in [1.82, 2.24) is 5.32 Å². The van der Waals surface area contributed by atoms with Gasteiger partial charge in [0.1, 0.15) is 0 Å². The fraction of sp³-hybridized carbons (Fsp3) is 0.200. The minimum Gasteiger partial charge on any atom is -0.312 e. The van der Waals surface area contributed by atoms with Crippen molar-refractivity contribution < 1.29 is 0 Å². The maximum atomic E-state index is 5.49. The number of thioether (sulfide) groups is 1. The molecule has 0 atom stereocenters. The number of benzene rings is 2. The topological polar surface area (TPSA) is 38.0 Å². The van der Waals surface area contributed by atoms with Crippen LogP contribution in [0.1, 0.15) is 5.56 Å². The Morgan fingerprint density at radius 2 is 1.63 bits per heavy atom. The lowest BCUT2D eigenvalue weighted by atomic mass is 10.2. The first-order chi connectivity index (χ1) is 9.38. The molecule has 0 saturated heterocycles. The molecule has 0 radical (unpaired) electrons. The second kappa shape index (κ2) is 8.27. The highest BCUT2D eigenvalue weighted by Gasteiger charge is 1.95. The summed E-state index contributed by atoms with van der Waals surface area (Å²) in [6, 6.07) is 18.8. The van der Waals surface area contributed by atoms with Crippen molar-refractivity contribution in [2.75, 3.05) is 12.3 Å². The van der Waals surface area contributed by atoms with Crippen LogP contribution in [0.3, 0.4) is 0 Å². The van der Waals surface area contributed by atoms with Gasteiger partial charge in [-0.3, -0.25) is 5.14 Å². The molecule has 3 N–H and O–H groups in total. The van der Waals surface area contributed by atoms with Crippen molar-refractivity contribution >= 4 is 23.7 Å². The first-order valence-electron chi connectivity index (χ1n) is 6.23. The summed E-state index contributed by atoms with van der Waals surface area (Å²) in [6.07, 6.45) is 0. The van der Waals surface area contributed by atoms with E-state index in [4.69, 9.17) is 5.14 Å². The zero-order chi connectivity index (χ0) is 13.3. The lowest BCUT2D eigenvalue weighted by Gasteiger charge is -2.05. The molecule has 2 rings (SSSR count). The van der Waals surface area contributed by atoms with E-state index in [1.54, 1.807) is 0 Å². The zero-order valence-electron chi connectivity index (χ0n) is 10.7. The summed E-state index contributed by atoms with van der Waals surface area (Å²) >= 11 is 3.16. The molecule has 0 aliphatic heterocycles. The Kier molecular flexibility index (Phi) is 6.30. The van der Waals surface area contributed by atoms with E-state index in [-0.39, 0.29) is 0 Å². The average molecular weight is 290 g/mol. The molecular weight excluding hydrogens is 272 g/mol. The molecule has 0 fully saturated rings. The van der Waals surface area contributed by atoms with Gasteiger partial charge in [-0.1, -0.05) is 30.3 Å². The van der Waals surface area contributed by atoms with Crippen molar-refractivity contribution in [3.8, 4) is 0 Å². The predicted molar refractivity (Wildman–Crippen MR) is 85.4 cm³/mol. The van der Waals surface area contributed by atoms with Crippen molar-refractivity contribution in [2.45, 2.75) is 16.3 Å². The fourth-order valence-corrected chi connectivity index (χ4v) is 2.80. The van der Waals surface area contributed by atoms with Crippen molar-refractivity contribution in [1.29, 1.82) is 0 Å². The third-order valence-electron chi connectivity index (χ3n) is 2.68. The Morgan fingerprint density at radius 1 is 0.895 bits per heavy atom. The van der Waals surface area contributed by atoms with Crippen LogP contribution < -0.4 is 10.5 Å². The van der Waals surface area contributed by atoms with Crippen LogP contribution in [-0.2, 0) is 6.54 Å². The first-order valence-corrected chi connectivity index (χ1v) is 8.09. The van der Waals surface area contributed by atoms with Gasteiger partial charge in [0, 0.05) is 28.6 Å². The molecule has 0 unspecified atom stereocenters. The van der Waals surface area contributed by atoms with Crippen LogP contribution in [0.4, 0.5) is 0 Å². The van der Waals surface area contributed by atoms with E-state index in [0.717, 1.165) is 23.7 Å². The lowest BCUT2D eigenvalue weighted by Crippen LogP contribution is -2.16. The molecule has 0 bridgehead atoms. The summed E-state index contributed by atoms with van der Waals surface area (Å²) in [4.78, 5) is 2.43. The fourth-order valence-electron chi connectivity index (χ4n) is 1.68. The van der Waals surface area contributed by atoms with Gasteiger partial charge in [0.15, 0.2) is 0 Å². The Hall–Kier alpha value is -0.940. The average Bonchev–Trinajstić information content (AvgIpc) is 2.49. The molecule has 0 spiro atoms. The van der Waals surface area contributed by atoms with E-state index in [0.29, 0.717) is 0 Å². The van der Waals surface area contributed by atoms with Gasteiger partial charge in [0.25, 0.3) is 0 Å². The molecule has 2 aromatic carbocycles. The van der Waals surface area contributed by atoms with E-state index >= 15 is 0 Å². The van der Waals surface area contributed by atoms with Crippen LogP contribution in [0.2, 0.25) is 0 Å². The summed E-state index contributed by atoms with van der Waals surface area (Å²) in [5.74, 6) is 1.08. The molecule has 4 heteroatoms. The Morgan fingerprint density at radius 3 is 2.32 bits per heavy atom. The van der Waals surface area contributed by atoms with E-state index in [1.807, 2.05) is 17.8 Å². The molecule has 19 heavy (non-hydrogen) atoms. The molecule has 0 aliphatic carbocycles. The first kappa shape index (κ1) is 14.5. The summed E-state index contributed by atoms with van der Waals surface area (Å²) in [7, 11) is 0. The number of hydrogen-bond acceptors (Lipinski definition) is 4. The van der Waals surface area contributed by atoms with Gasteiger partial charge in [-0.05, 0) is 41.8 Å². The molecule has 2 nitrogen and oxygen atoms in total. The number of nitrogens with one attached hydrogen (secondary N) is 1. The van der Waals surface area contributed by atoms with Gasteiger partial charge in [-0.25, -0.2) is 0 Å². The van der Waals surface area contributed by atoms with E-state index in [1.165, 1.54) is 22.4 Å². The van der Waals surface area contributed by atoms with Crippen LogP contribution >= 0.6 is 23.7 Å². The van der Waals surface area contributed by atoms with E-state index < -0.39 is 0 Å². The van der Waals surface area contributed by atoms with Gasteiger partial charge in [-0.15, -0.1) is 11.8 Å². The van der Waals surface area contributed by atoms with Crippen LogP contribution in [0.5, 0.6) is 0 Å². The van der Waals surface area contributed by atoms with Gasteiger partial charge in [0.2, 0.25) is 0 Å². The quantitative estimate of drug-likeness (QED) is 0.465. The standard InChI is InChI=1S/C15H18N2S2/c16-19-15-8-6-13(7-9-15)12-17-10-11-18-14-4-2-1-3-5-14/h1-9,17H,10-12,16H2. The molecule has 0 heterocycles. The normalized spacial score (nSPS) is 10.6. The van der Waals surface area contributed by atoms with Crippen molar-refractivity contribution in [3.63, 3.8) is 0 Å². The number of nitrogens with two attached hydrogens (primary N) is 1. The SMILES string of the molecule is NSc1ccc(CNCCSc2ccccc2)cc1.